The van der Waals surface area contributed by atoms with Crippen LogP contribution < -0.4 is 0 Å². The summed E-state index contributed by atoms with van der Waals surface area (Å²) < 4.78 is 2.55. The molecule has 21 heavy (non-hydrogen) atoms. The van der Waals surface area contributed by atoms with E-state index in [9.17, 15) is 0 Å². The van der Waals surface area contributed by atoms with Crippen LogP contribution in [0.15, 0.2) is 48.5 Å². The second-order valence-electron chi connectivity index (χ2n) is 4.90. The average Bonchev–Trinajstić information content (AvgIpc) is 2.84. The lowest BCUT2D eigenvalue weighted by Crippen LogP contribution is -2.03. The Morgan fingerprint density at radius 1 is 1.14 bits per heavy atom. The number of halogens is 1. The van der Waals surface area contributed by atoms with E-state index in [1.165, 1.54) is 5.56 Å². The summed E-state index contributed by atoms with van der Waals surface area (Å²) >= 11 is 11.6. The van der Waals surface area contributed by atoms with Gasteiger partial charge in [-0.3, -0.25) is 9.67 Å². The first kappa shape index (κ1) is 14.0. The van der Waals surface area contributed by atoms with Gasteiger partial charge in [-0.15, -0.1) is 0 Å². The van der Waals surface area contributed by atoms with Gasteiger partial charge in [-0.2, -0.15) is 5.10 Å². The summed E-state index contributed by atoms with van der Waals surface area (Å²) in [6.45, 7) is 2.66. The van der Waals surface area contributed by atoms with Crippen LogP contribution in [0, 0.1) is 11.7 Å². The number of aromatic nitrogens is 3. The molecular formula is C16H14ClN3S. The highest BCUT2D eigenvalue weighted by molar-refractivity contribution is 7.71. The van der Waals surface area contributed by atoms with Gasteiger partial charge in [-0.05, 0) is 30.8 Å². The number of H-pyrrole nitrogens is 1. The number of rotatable bonds is 3. The Morgan fingerprint density at radius 3 is 2.57 bits per heavy atom. The van der Waals surface area contributed by atoms with E-state index in [0.29, 0.717) is 11.3 Å². The molecule has 1 N–H and O–H groups in total. The smallest absolute Gasteiger partial charge is 0.195 e. The molecule has 0 bridgehead atoms. The van der Waals surface area contributed by atoms with Gasteiger partial charge in [0.05, 0.1) is 6.54 Å². The van der Waals surface area contributed by atoms with E-state index >= 15 is 0 Å². The quantitative estimate of drug-likeness (QED) is 0.716. The van der Waals surface area contributed by atoms with Gasteiger partial charge >= 0.3 is 0 Å². The summed E-state index contributed by atoms with van der Waals surface area (Å²) in [5.41, 5.74) is 3.26. The third kappa shape index (κ3) is 2.91. The molecule has 0 saturated carbocycles. The monoisotopic (exact) mass is 315 g/mol. The van der Waals surface area contributed by atoms with Crippen molar-refractivity contribution in [2.24, 2.45) is 0 Å². The lowest BCUT2D eigenvalue weighted by molar-refractivity contribution is 0.790. The minimum Gasteiger partial charge on any atom is -0.296 e. The highest BCUT2D eigenvalue weighted by Crippen LogP contribution is 2.22. The molecule has 0 saturated heterocycles. The highest BCUT2D eigenvalue weighted by atomic mass is 35.5. The lowest BCUT2D eigenvalue weighted by atomic mass is 10.1. The van der Waals surface area contributed by atoms with Gasteiger partial charge in [0.15, 0.2) is 10.6 Å². The molecule has 0 radical (unpaired) electrons. The third-order valence-corrected chi connectivity index (χ3v) is 4.03. The van der Waals surface area contributed by atoms with Gasteiger partial charge in [-0.25, -0.2) is 0 Å². The number of nitrogens with zero attached hydrogens (tertiary/aromatic N) is 2. The maximum absolute atomic E-state index is 6.23. The molecule has 0 fully saturated rings. The zero-order valence-electron chi connectivity index (χ0n) is 11.5. The van der Waals surface area contributed by atoms with Crippen LogP contribution in [0.4, 0.5) is 0 Å². The number of hydrogen-bond donors (Lipinski definition) is 1. The molecule has 0 spiro atoms. The fraction of sp³-hybridized carbons (Fsp3) is 0.125. The fourth-order valence-electron chi connectivity index (χ4n) is 2.18. The van der Waals surface area contributed by atoms with E-state index in [0.717, 1.165) is 22.0 Å². The highest BCUT2D eigenvalue weighted by Gasteiger charge is 2.10. The first-order valence-electron chi connectivity index (χ1n) is 6.61. The van der Waals surface area contributed by atoms with Crippen LogP contribution in [0.25, 0.3) is 11.4 Å². The molecule has 5 heteroatoms. The van der Waals surface area contributed by atoms with Crippen LogP contribution in [0.3, 0.4) is 0 Å². The topological polar surface area (TPSA) is 33.6 Å². The zero-order valence-corrected chi connectivity index (χ0v) is 13.1. The molecule has 0 amide bonds. The third-order valence-electron chi connectivity index (χ3n) is 3.35. The largest absolute Gasteiger partial charge is 0.296 e. The second-order valence-corrected chi connectivity index (χ2v) is 5.69. The predicted molar refractivity (Wildman–Crippen MR) is 88.1 cm³/mol. The van der Waals surface area contributed by atoms with Crippen LogP contribution >= 0.6 is 23.8 Å². The van der Waals surface area contributed by atoms with Crippen molar-refractivity contribution in [1.29, 1.82) is 0 Å². The molecule has 0 unspecified atom stereocenters. The molecule has 106 valence electrons. The van der Waals surface area contributed by atoms with Crippen LogP contribution in [-0.4, -0.2) is 14.8 Å². The summed E-state index contributed by atoms with van der Waals surface area (Å²) in [6.07, 6.45) is 0. The van der Waals surface area contributed by atoms with Crippen molar-refractivity contribution < 1.29 is 0 Å². The second kappa shape index (κ2) is 5.84. The van der Waals surface area contributed by atoms with Crippen molar-refractivity contribution in [3.63, 3.8) is 0 Å². The molecule has 1 aromatic heterocycles. The van der Waals surface area contributed by atoms with Crippen LogP contribution in [0.2, 0.25) is 5.02 Å². The molecule has 3 rings (SSSR count). The summed E-state index contributed by atoms with van der Waals surface area (Å²) in [7, 11) is 0. The number of benzene rings is 2. The minimum absolute atomic E-state index is 0.588. The van der Waals surface area contributed by atoms with Gasteiger partial charge in [-0.1, -0.05) is 59.6 Å². The normalized spacial score (nSPS) is 10.8. The van der Waals surface area contributed by atoms with Crippen molar-refractivity contribution in [1.82, 2.24) is 14.8 Å². The molecule has 1 heterocycles. The molecule has 0 atom stereocenters. The van der Waals surface area contributed by atoms with Gasteiger partial charge in [0.2, 0.25) is 0 Å². The van der Waals surface area contributed by atoms with E-state index < -0.39 is 0 Å². The average molecular weight is 316 g/mol. The standard InChI is InChI=1S/C16H14ClN3S/c1-11-6-8-12(9-7-11)15-18-19-16(21)20(15)10-13-4-2-3-5-14(13)17/h2-9H,10H2,1H3,(H,19,21). The van der Waals surface area contributed by atoms with Crippen LogP contribution in [-0.2, 0) is 6.54 Å². The molecule has 0 aliphatic heterocycles. The zero-order chi connectivity index (χ0) is 14.8. The SMILES string of the molecule is Cc1ccc(-c2n[nH]c(=S)n2Cc2ccccc2Cl)cc1. The summed E-state index contributed by atoms with van der Waals surface area (Å²) in [5, 5.41) is 7.94. The molecule has 0 aliphatic rings. The minimum atomic E-state index is 0.588. The molecule has 3 aromatic rings. The first-order chi connectivity index (χ1) is 10.1. The Kier molecular flexibility index (Phi) is 3.90. The van der Waals surface area contributed by atoms with E-state index in [1.807, 2.05) is 41.0 Å². The predicted octanol–water partition coefficient (Wildman–Crippen LogP) is 4.62. The molecule has 3 nitrogen and oxygen atoms in total. The van der Waals surface area contributed by atoms with E-state index in [1.54, 1.807) is 0 Å². The van der Waals surface area contributed by atoms with E-state index in [-0.39, 0.29) is 0 Å². The Morgan fingerprint density at radius 2 is 1.86 bits per heavy atom. The fourth-order valence-corrected chi connectivity index (χ4v) is 2.58. The van der Waals surface area contributed by atoms with Gasteiger partial charge in [0.25, 0.3) is 0 Å². The van der Waals surface area contributed by atoms with Gasteiger partial charge in [0.1, 0.15) is 0 Å². The van der Waals surface area contributed by atoms with Crippen molar-refractivity contribution in [3.8, 4) is 11.4 Å². The maximum atomic E-state index is 6.23. The lowest BCUT2D eigenvalue weighted by Gasteiger charge is -2.08. The van der Waals surface area contributed by atoms with Gasteiger partial charge < -0.3 is 0 Å². The molecule has 2 aromatic carbocycles. The first-order valence-corrected chi connectivity index (χ1v) is 7.39. The van der Waals surface area contributed by atoms with Crippen molar-refractivity contribution >= 4 is 23.8 Å². The van der Waals surface area contributed by atoms with Crippen molar-refractivity contribution in [2.75, 3.05) is 0 Å². The Balaban J connectivity index is 2.04. The van der Waals surface area contributed by atoms with Crippen LogP contribution in [0.5, 0.6) is 0 Å². The Hall–Kier alpha value is -1.91. The van der Waals surface area contributed by atoms with E-state index in [2.05, 4.69) is 29.3 Å². The Bertz CT molecular complexity index is 818. The van der Waals surface area contributed by atoms with Crippen molar-refractivity contribution in [3.05, 3.63) is 69.5 Å². The summed E-state index contributed by atoms with van der Waals surface area (Å²) in [5.74, 6) is 0.819. The molecule has 0 aliphatic carbocycles. The number of nitrogens with one attached hydrogen (secondary N) is 1. The summed E-state index contributed by atoms with van der Waals surface area (Å²) in [4.78, 5) is 0. The maximum Gasteiger partial charge on any atom is 0.195 e. The van der Waals surface area contributed by atoms with Gasteiger partial charge in [0, 0.05) is 10.6 Å². The van der Waals surface area contributed by atoms with Crippen LogP contribution in [0.1, 0.15) is 11.1 Å². The molecular weight excluding hydrogens is 302 g/mol. The van der Waals surface area contributed by atoms with Crippen molar-refractivity contribution in [2.45, 2.75) is 13.5 Å². The van der Waals surface area contributed by atoms with E-state index in [4.69, 9.17) is 23.8 Å². The number of hydrogen-bond acceptors (Lipinski definition) is 2. The number of aryl methyl sites for hydroxylation is 1. The Labute approximate surface area is 133 Å². The summed E-state index contributed by atoms with van der Waals surface area (Å²) in [6, 6.07) is 16.0. The number of aromatic amines is 1.